The van der Waals surface area contributed by atoms with Crippen molar-refractivity contribution in [1.29, 1.82) is 0 Å². The molecule has 5 heteroatoms. The van der Waals surface area contributed by atoms with Crippen molar-refractivity contribution in [2.24, 2.45) is 4.99 Å². The van der Waals surface area contributed by atoms with Crippen LogP contribution in [0.5, 0.6) is 0 Å². The number of aromatic nitrogens is 1. The molecule has 0 saturated carbocycles. The highest BCUT2D eigenvalue weighted by molar-refractivity contribution is 14.0. The molecule has 0 spiro atoms. The van der Waals surface area contributed by atoms with Crippen molar-refractivity contribution in [2.45, 2.75) is 33.1 Å². The Morgan fingerprint density at radius 3 is 2.60 bits per heavy atom. The van der Waals surface area contributed by atoms with Crippen LogP contribution in [0.3, 0.4) is 0 Å². The molecule has 0 saturated heterocycles. The first-order valence-corrected chi connectivity index (χ1v) is 8.51. The molecule has 1 heterocycles. The number of pyridine rings is 1. The van der Waals surface area contributed by atoms with Crippen molar-refractivity contribution >= 4 is 29.9 Å². The summed E-state index contributed by atoms with van der Waals surface area (Å²) in [5.74, 6) is 1.28. The molecule has 1 atom stereocenters. The molecule has 4 nitrogen and oxygen atoms in total. The summed E-state index contributed by atoms with van der Waals surface area (Å²) in [6.45, 7) is 8.05. The molecule has 1 aromatic carbocycles. The maximum Gasteiger partial charge on any atom is 0.191 e. The van der Waals surface area contributed by atoms with Gasteiger partial charge >= 0.3 is 0 Å². The van der Waals surface area contributed by atoms with Crippen LogP contribution in [-0.2, 0) is 6.42 Å². The van der Waals surface area contributed by atoms with Crippen LogP contribution in [0.1, 0.15) is 35.2 Å². The highest BCUT2D eigenvalue weighted by atomic mass is 127. The van der Waals surface area contributed by atoms with Crippen molar-refractivity contribution in [3.8, 4) is 0 Å². The summed E-state index contributed by atoms with van der Waals surface area (Å²) in [5.41, 5.74) is 4.93. The molecular formula is C20H29IN4. The quantitative estimate of drug-likeness (QED) is 0.398. The van der Waals surface area contributed by atoms with Gasteiger partial charge < -0.3 is 10.6 Å². The molecule has 2 aromatic rings. The van der Waals surface area contributed by atoms with E-state index in [-0.39, 0.29) is 24.0 Å². The lowest BCUT2D eigenvalue weighted by molar-refractivity contribution is 0.697. The molecule has 1 unspecified atom stereocenters. The highest BCUT2D eigenvalue weighted by Gasteiger charge is 2.06. The van der Waals surface area contributed by atoms with Crippen molar-refractivity contribution in [3.05, 3.63) is 65.0 Å². The average Bonchev–Trinajstić information content (AvgIpc) is 2.59. The van der Waals surface area contributed by atoms with Gasteiger partial charge in [0.15, 0.2) is 5.96 Å². The van der Waals surface area contributed by atoms with Gasteiger partial charge in [-0.1, -0.05) is 42.8 Å². The molecule has 0 aliphatic heterocycles. The summed E-state index contributed by atoms with van der Waals surface area (Å²) in [6.07, 6.45) is 2.87. The predicted molar refractivity (Wildman–Crippen MR) is 117 cm³/mol. The molecule has 0 bridgehead atoms. The Balaban J connectivity index is 0.00000312. The zero-order valence-corrected chi connectivity index (χ0v) is 17.9. The first-order chi connectivity index (χ1) is 11.6. The van der Waals surface area contributed by atoms with Crippen LogP contribution in [0.15, 0.2) is 47.6 Å². The van der Waals surface area contributed by atoms with E-state index in [1.165, 1.54) is 16.7 Å². The van der Waals surface area contributed by atoms with E-state index in [0.29, 0.717) is 5.92 Å². The number of aliphatic imine (C=N–C) groups is 1. The molecule has 0 aliphatic carbocycles. The highest BCUT2D eigenvalue weighted by Crippen LogP contribution is 2.15. The lowest BCUT2D eigenvalue weighted by atomic mass is 9.99. The van der Waals surface area contributed by atoms with Gasteiger partial charge in [-0.3, -0.25) is 9.98 Å². The Morgan fingerprint density at radius 1 is 1.16 bits per heavy atom. The number of hydrogen-bond donors (Lipinski definition) is 2. The topological polar surface area (TPSA) is 49.3 Å². The van der Waals surface area contributed by atoms with E-state index in [1.807, 2.05) is 19.2 Å². The Labute approximate surface area is 168 Å². The molecule has 136 valence electrons. The van der Waals surface area contributed by atoms with E-state index in [0.717, 1.165) is 31.2 Å². The number of benzene rings is 1. The van der Waals surface area contributed by atoms with Gasteiger partial charge in [0.25, 0.3) is 0 Å². The van der Waals surface area contributed by atoms with Crippen LogP contribution in [0.25, 0.3) is 0 Å². The van der Waals surface area contributed by atoms with Crippen LogP contribution < -0.4 is 10.6 Å². The van der Waals surface area contributed by atoms with Gasteiger partial charge in [-0.05, 0) is 43.4 Å². The van der Waals surface area contributed by atoms with Gasteiger partial charge in [-0.15, -0.1) is 24.0 Å². The van der Waals surface area contributed by atoms with E-state index >= 15 is 0 Å². The number of nitrogens with zero attached hydrogens (tertiary/aromatic N) is 2. The number of rotatable bonds is 6. The number of aryl methyl sites for hydroxylation is 2. The van der Waals surface area contributed by atoms with E-state index < -0.39 is 0 Å². The van der Waals surface area contributed by atoms with E-state index in [1.54, 1.807) is 7.05 Å². The third-order valence-electron chi connectivity index (χ3n) is 4.09. The molecule has 25 heavy (non-hydrogen) atoms. The fourth-order valence-corrected chi connectivity index (χ4v) is 2.54. The summed E-state index contributed by atoms with van der Waals surface area (Å²) < 4.78 is 0. The summed E-state index contributed by atoms with van der Waals surface area (Å²) >= 11 is 0. The Kier molecular flexibility index (Phi) is 9.49. The van der Waals surface area contributed by atoms with Crippen LogP contribution in [-0.4, -0.2) is 31.1 Å². The van der Waals surface area contributed by atoms with Gasteiger partial charge in [0, 0.05) is 32.0 Å². The van der Waals surface area contributed by atoms with Crippen molar-refractivity contribution in [2.75, 3.05) is 20.1 Å². The minimum atomic E-state index is 0. The number of halogens is 1. The van der Waals surface area contributed by atoms with Crippen LogP contribution >= 0.6 is 24.0 Å². The SMILES string of the molecule is CN=C(NCCc1ccc(C)nc1)NCC(C)c1cccc(C)c1.I. The standard InChI is InChI=1S/C20H28N4.HI/c1-15-6-5-7-19(12-15)16(2)13-24-20(21-4)22-11-10-18-9-8-17(3)23-14-18;/h5-9,12,14,16H,10-11,13H2,1-4H3,(H2,21,22,24);1H. The van der Waals surface area contributed by atoms with Crippen LogP contribution in [0, 0.1) is 13.8 Å². The second-order valence-electron chi connectivity index (χ2n) is 6.25. The minimum Gasteiger partial charge on any atom is -0.356 e. The van der Waals surface area contributed by atoms with Crippen molar-refractivity contribution in [1.82, 2.24) is 15.6 Å². The first-order valence-electron chi connectivity index (χ1n) is 8.51. The lowest BCUT2D eigenvalue weighted by Gasteiger charge is -2.17. The fourth-order valence-electron chi connectivity index (χ4n) is 2.54. The Morgan fingerprint density at radius 2 is 1.96 bits per heavy atom. The van der Waals surface area contributed by atoms with Gasteiger partial charge in [-0.2, -0.15) is 0 Å². The zero-order chi connectivity index (χ0) is 17.4. The minimum absolute atomic E-state index is 0. The second-order valence-corrected chi connectivity index (χ2v) is 6.25. The summed E-state index contributed by atoms with van der Waals surface area (Å²) in [4.78, 5) is 8.62. The third-order valence-corrected chi connectivity index (χ3v) is 4.09. The third kappa shape index (κ3) is 7.42. The summed E-state index contributed by atoms with van der Waals surface area (Å²) in [7, 11) is 1.81. The maximum atomic E-state index is 4.32. The molecule has 2 N–H and O–H groups in total. The average molecular weight is 452 g/mol. The predicted octanol–water partition coefficient (Wildman–Crippen LogP) is 3.83. The molecule has 2 rings (SSSR count). The molecular weight excluding hydrogens is 423 g/mol. The van der Waals surface area contributed by atoms with Crippen LogP contribution in [0.2, 0.25) is 0 Å². The van der Waals surface area contributed by atoms with Gasteiger partial charge in [0.1, 0.15) is 0 Å². The lowest BCUT2D eigenvalue weighted by Crippen LogP contribution is -2.39. The Bertz CT molecular complexity index is 668. The smallest absolute Gasteiger partial charge is 0.191 e. The van der Waals surface area contributed by atoms with Crippen molar-refractivity contribution < 1.29 is 0 Å². The number of hydrogen-bond acceptors (Lipinski definition) is 2. The molecule has 0 aliphatic rings. The molecule has 0 fully saturated rings. The first kappa shape index (κ1) is 21.4. The van der Waals surface area contributed by atoms with Crippen LogP contribution in [0.4, 0.5) is 0 Å². The molecule has 1 aromatic heterocycles. The van der Waals surface area contributed by atoms with Crippen molar-refractivity contribution in [3.63, 3.8) is 0 Å². The summed E-state index contributed by atoms with van der Waals surface area (Å²) in [5, 5.41) is 6.77. The second kappa shape index (κ2) is 11.1. The number of nitrogens with one attached hydrogen (secondary N) is 2. The number of guanidine groups is 1. The van der Waals surface area contributed by atoms with E-state index in [4.69, 9.17) is 0 Å². The largest absolute Gasteiger partial charge is 0.356 e. The molecule has 0 amide bonds. The van der Waals surface area contributed by atoms with Gasteiger partial charge in [-0.25, -0.2) is 0 Å². The Hall–Kier alpha value is -1.63. The fraction of sp³-hybridized carbons (Fsp3) is 0.400. The van der Waals surface area contributed by atoms with E-state index in [9.17, 15) is 0 Å². The van der Waals surface area contributed by atoms with Gasteiger partial charge in [0.05, 0.1) is 0 Å². The van der Waals surface area contributed by atoms with E-state index in [2.05, 4.69) is 64.8 Å². The van der Waals surface area contributed by atoms with Gasteiger partial charge in [0.2, 0.25) is 0 Å². The zero-order valence-electron chi connectivity index (χ0n) is 15.5. The maximum absolute atomic E-state index is 4.32. The normalized spacial score (nSPS) is 12.2. The summed E-state index contributed by atoms with van der Waals surface area (Å²) in [6, 6.07) is 12.8. The monoisotopic (exact) mass is 452 g/mol. The molecule has 0 radical (unpaired) electrons.